The van der Waals surface area contributed by atoms with Gasteiger partial charge >= 0.3 is 0 Å². The molecule has 0 radical (unpaired) electrons. The molecule has 0 aliphatic rings. The Bertz CT molecular complexity index is 52.1. The van der Waals surface area contributed by atoms with Gasteiger partial charge in [-0.1, -0.05) is 0 Å². The van der Waals surface area contributed by atoms with Crippen molar-refractivity contribution in [1.82, 2.24) is 0 Å². The molecule has 64 valence electrons. The molecule has 2 heteroatoms. The number of hydrogen-bond donors (Lipinski definition) is 0. The monoisotopic (exact) mass is 146 g/mol. The van der Waals surface area contributed by atoms with E-state index in [2.05, 4.69) is 27.7 Å². The predicted octanol–water partition coefficient (Wildman–Crippen LogP) is 1.76. The average molecular weight is 146 g/mol. The highest BCUT2D eigenvalue weighted by Crippen LogP contribution is 2.03. The van der Waals surface area contributed by atoms with Crippen molar-refractivity contribution in [1.29, 1.82) is 0 Å². The summed E-state index contributed by atoms with van der Waals surface area (Å²) in [5, 5.41) is 0. The van der Waals surface area contributed by atoms with Gasteiger partial charge in [-0.05, 0) is 27.7 Å². The maximum Gasteiger partial charge on any atom is 0.0757 e. The van der Waals surface area contributed by atoms with Gasteiger partial charge in [0.1, 0.15) is 0 Å². The molecule has 0 bridgehead atoms. The van der Waals surface area contributed by atoms with E-state index in [-0.39, 0.29) is 5.48 Å². The fourth-order valence-electron chi connectivity index (χ4n) is 1.34. The maximum atomic E-state index is 2.27. The summed E-state index contributed by atoms with van der Waals surface area (Å²) in [5.74, 6) is 0. The first kappa shape index (κ1) is 12.6. The molecule has 0 saturated carbocycles. The van der Waals surface area contributed by atoms with Crippen LogP contribution in [0.25, 0.3) is 0 Å². The van der Waals surface area contributed by atoms with Crippen LogP contribution in [0.2, 0.25) is 0 Å². The number of nitrogens with zero attached hydrogens (tertiary/aromatic N) is 1. The normalized spacial score (nSPS) is 10.8. The Hall–Kier alpha value is -0.0800. The van der Waals surface area contributed by atoms with Gasteiger partial charge in [0.2, 0.25) is 0 Å². The van der Waals surface area contributed by atoms with Gasteiger partial charge in [-0.3, -0.25) is 0 Å². The van der Waals surface area contributed by atoms with Crippen molar-refractivity contribution in [2.24, 2.45) is 0 Å². The first-order valence-corrected chi connectivity index (χ1v) is 4.09. The molecule has 0 saturated heterocycles. The summed E-state index contributed by atoms with van der Waals surface area (Å²) < 4.78 is 1.28. The Labute approximate surface area is 64.7 Å². The third kappa shape index (κ3) is 2.67. The lowest BCUT2D eigenvalue weighted by Crippen LogP contribution is -2.47. The van der Waals surface area contributed by atoms with Gasteiger partial charge in [-0.25, -0.2) is 0 Å². The second kappa shape index (κ2) is 5.69. The van der Waals surface area contributed by atoms with Crippen molar-refractivity contribution in [3.05, 3.63) is 0 Å². The summed E-state index contributed by atoms with van der Waals surface area (Å²) in [6, 6.07) is 0. The van der Waals surface area contributed by atoms with Gasteiger partial charge in [0, 0.05) is 0 Å². The van der Waals surface area contributed by atoms with Crippen molar-refractivity contribution in [2.45, 2.75) is 27.7 Å². The van der Waals surface area contributed by atoms with Gasteiger partial charge < -0.3 is 9.96 Å². The third-order valence-electron chi connectivity index (χ3n) is 2.68. The molecule has 0 fully saturated rings. The molecule has 0 heterocycles. The fraction of sp³-hybridized carbons (Fsp3) is 1.00. The third-order valence-corrected chi connectivity index (χ3v) is 2.68. The molecule has 0 aliphatic carbocycles. The van der Waals surface area contributed by atoms with Crippen LogP contribution in [0.15, 0.2) is 0 Å². The number of rotatable bonds is 4. The molecule has 0 spiro atoms. The minimum Gasteiger partial charge on any atom is -2.00 e. The van der Waals surface area contributed by atoms with Crippen LogP contribution >= 0.6 is 0 Å². The van der Waals surface area contributed by atoms with Crippen LogP contribution in [0.3, 0.4) is 0 Å². The first-order chi connectivity index (χ1) is 4.24. The van der Waals surface area contributed by atoms with Crippen LogP contribution in [0, 0.1) is 0 Å². The van der Waals surface area contributed by atoms with Crippen LogP contribution in [0.5, 0.6) is 0 Å². The Morgan fingerprint density at radius 2 is 0.900 bits per heavy atom. The van der Waals surface area contributed by atoms with Gasteiger partial charge in [-0.15, -0.1) is 0 Å². The molecule has 0 rings (SSSR count). The van der Waals surface area contributed by atoms with Crippen LogP contribution in [0.4, 0.5) is 0 Å². The molecule has 0 amide bonds. The predicted molar refractivity (Wildman–Crippen MR) is 43.1 cm³/mol. The van der Waals surface area contributed by atoms with Crippen LogP contribution in [0.1, 0.15) is 27.7 Å². The standard InChI is InChI=1S/C8H20N.O/c1-5-9(6-2,7-3)8-4;/h5-8H2,1-4H3;/q+1;-2. The molecular weight excluding hydrogens is 126 g/mol. The maximum absolute atomic E-state index is 2.27. The molecule has 0 aromatic carbocycles. The van der Waals surface area contributed by atoms with E-state index < -0.39 is 0 Å². The van der Waals surface area contributed by atoms with E-state index in [1.54, 1.807) is 0 Å². The van der Waals surface area contributed by atoms with Crippen LogP contribution < -0.4 is 0 Å². The molecule has 0 unspecified atom stereocenters. The van der Waals surface area contributed by atoms with E-state index >= 15 is 0 Å². The zero-order valence-electron chi connectivity index (χ0n) is 7.68. The molecule has 0 aromatic rings. The molecule has 10 heavy (non-hydrogen) atoms. The Morgan fingerprint density at radius 1 is 0.700 bits per heavy atom. The SMILES string of the molecule is CC[N+](CC)(CC)CC.[O-2]. The van der Waals surface area contributed by atoms with Gasteiger partial charge in [0.25, 0.3) is 0 Å². The molecule has 0 atom stereocenters. The molecule has 0 aromatic heterocycles. The smallest absolute Gasteiger partial charge is 0.0757 e. The summed E-state index contributed by atoms with van der Waals surface area (Å²) in [4.78, 5) is 0. The Kier molecular flexibility index (Phi) is 7.15. The van der Waals surface area contributed by atoms with Gasteiger partial charge in [0.05, 0.1) is 26.2 Å². The highest BCUT2D eigenvalue weighted by atomic mass is 16.0. The summed E-state index contributed by atoms with van der Waals surface area (Å²) >= 11 is 0. The van der Waals surface area contributed by atoms with Gasteiger partial charge in [0.15, 0.2) is 0 Å². The molecule has 0 N–H and O–H groups in total. The van der Waals surface area contributed by atoms with Crippen molar-refractivity contribution in [3.63, 3.8) is 0 Å². The minimum atomic E-state index is 0. The van der Waals surface area contributed by atoms with E-state index in [0.717, 1.165) is 0 Å². The van der Waals surface area contributed by atoms with E-state index in [4.69, 9.17) is 0 Å². The zero-order valence-corrected chi connectivity index (χ0v) is 7.68. The largest absolute Gasteiger partial charge is 2.00 e. The van der Waals surface area contributed by atoms with E-state index in [0.29, 0.717) is 0 Å². The lowest BCUT2D eigenvalue weighted by atomic mass is 10.3. The average Bonchev–Trinajstić information content (AvgIpc) is 1.95. The second-order valence-electron chi connectivity index (χ2n) is 2.61. The lowest BCUT2D eigenvalue weighted by Gasteiger charge is -2.34. The molecule has 0 aliphatic heterocycles. The van der Waals surface area contributed by atoms with Crippen molar-refractivity contribution in [3.8, 4) is 0 Å². The van der Waals surface area contributed by atoms with Crippen molar-refractivity contribution in [2.75, 3.05) is 26.2 Å². The van der Waals surface area contributed by atoms with E-state index in [1.165, 1.54) is 30.7 Å². The Morgan fingerprint density at radius 3 is 0.900 bits per heavy atom. The number of hydrogen-bond acceptors (Lipinski definition) is 0. The fourth-order valence-corrected chi connectivity index (χ4v) is 1.34. The van der Waals surface area contributed by atoms with Crippen molar-refractivity contribution >= 4 is 0 Å². The summed E-state index contributed by atoms with van der Waals surface area (Å²) in [6.45, 7) is 14.2. The summed E-state index contributed by atoms with van der Waals surface area (Å²) in [6.07, 6.45) is 0. The Balaban J connectivity index is 0. The van der Waals surface area contributed by atoms with Crippen LogP contribution in [-0.2, 0) is 5.48 Å². The zero-order chi connectivity index (χ0) is 7.33. The van der Waals surface area contributed by atoms with Crippen LogP contribution in [-0.4, -0.2) is 30.7 Å². The first-order valence-electron chi connectivity index (χ1n) is 4.09. The highest BCUT2D eigenvalue weighted by Gasteiger charge is 2.16. The number of quaternary nitrogens is 1. The van der Waals surface area contributed by atoms with E-state index in [1.807, 2.05) is 0 Å². The molecule has 2 nitrogen and oxygen atoms in total. The van der Waals surface area contributed by atoms with E-state index in [9.17, 15) is 0 Å². The topological polar surface area (TPSA) is 28.5 Å². The minimum absolute atomic E-state index is 0. The highest BCUT2D eigenvalue weighted by molar-refractivity contribution is 4.31. The summed E-state index contributed by atoms with van der Waals surface area (Å²) in [5.41, 5.74) is 0. The summed E-state index contributed by atoms with van der Waals surface area (Å²) in [7, 11) is 0. The van der Waals surface area contributed by atoms with Crippen molar-refractivity contribution < 1.29 is 9.96 Å². The lowest BCUT2D eigenvalue weighted by molar-refractivity contribution is -0.921. The van der Waals surface area contributed by atoms with Gasteiger partial charge in [-0.2, -0.15) is 0 Å². The quantitative estimate of drug-likeness (QED) is 0.541. The second-order valence-corrected chi connectivity index (χ2v) is 2.61. The molecular formula is C8H20NO-.